The zero-order chi connectivity index (χ0) is 28.9. The van der Waals surface area contributed by atoms with Gasteiger partial charge in [0.25, 0.3) is 5.91 Å². The lowest BCUT2D eigenvalue weighted by atomic mass is 9.97. The van der Waals surface area contributed by atoms with Gasteiger partial charge in [-0.1, -0.05) is 30.3 Å². The number of H-pyrrole nitrogens is 1. The SMILES string of the molecule is CNC(=O)c1c(-c2ccc(F)cc2)oc2cc(N(C)S(C)(=O)=O)c(-c3cccc(-c4nc5ccccc5[nH]4)c3)cc12. The summed E-state index contributed by atoms with van der Waals surface area (Å²) >= 11 is 0. The summed E-state index contributed by atoms with van der Waals surface area (Å²) in [5.74, 6) is 0.102. The maximum Gasteiger partial charge on any atom is 0.255 e. The zero-order valence-electron chi connectivity index (χ0n) is 22.4. The number of aromatic amines is 1. The van der Waals surface area contributed by atoms with Gasteiger partial charge >= 0.3 is 0 Å². The quantitative estimate of drug-likeness (QED) is 0.249. The normalized spacial score (nSPS) is 11.7. The summed E-state index contributed by atoms with van der Waals surface area (Å²) in [6.45, 7) is 0. The van der Waals surface area contributed by atoms with Crippen molar-refractivity contribution >= 4 is 43.6 Å². The molecule has 0 spiro atoms. The number of anilines is 1. The number of imidazole rings is 1. The van der Waals surface area contributed by atoms with Crippen molar-refractivity contribution < 1.29 is 22.0 Å². The third-order valence-corrected chi connectivity index (χ3v) is 8.23. The molecule has 0 saturated carbocycles. The number of nitrogens with one attached hydrogen (secondary N) is 2. The minimum atomic E-state index is -3.66. The summed E-state index contributed by atoms with van der Waals surface area (Å²) in [6.07, 6.45) is 1.12. The second-order valence-corrected chi connectivity index (χ2v) is 11.7. The van der Waals surface area contributed by atoms with E-state index in [4.69, 9.17) is 9.40 Å². The molecule has 0 aliphatic rings. The molecule has 41 heavy (non-hydrogen) atoms. The molecule has 2 heterocycles. The number of benzene rings is 4. The minimum Gasteiger partial charge on any atom is -0.455 e. The number of halogens is 1. The lowest BCUT2D eigenvalue weighted by molar-refractivity contribution is 0.0964. The van der Waals surface area contributed by atoms with Crippen molar-refractivity contribution in [2.24, 2.45) is 0 Å². The molecule has 2 N–H and O–H groups in total. The fourth-order valence-corrected chi connectivity index (χ4v) is 5.39. The van der Waals surface area contributed by atoms with E-state index in [1.165, 1.54) is 42.7 Å². The third kappa shape index (κ3) is 4.72. The number of hydrogen-bond donors (Lipinski definition) is 2. The first kappa shape index (κ1) is 26.3. The highest BCUT2D eigenvalue weighted by molar-refractivity contribution is 7.92. The predicted molar refractivity (Wildman–Crippen MR) is 159 cm³/mol. The van der Waals surface area contributed by atoms with Crippen LogP contribution in [-0.2, 0) is 10.0 Å². The van der Waals surface area contributed by atoms with Crippen molar-refractivity contribution in [1.29, 1.82) is 0 Å². The second kappa shape index (κ2) is 9.90. The number of furan rings is 1. The summed E-state index contributed by atoms with van der Waals surface area (Å²) in [7, 11) is -0.686. The van der Waals surface area contributed by atoms with Crippen LogP contribution in [0.5, 0.6) is 0 Å². The van der Waals surface area contributed by atoms with Crippen LogP contribution in [0.25, 0.3) is 55.8 Å². The predicted octanol–water partition coefficient (Wildman–Crippen LogP) is 6.20. The van der Waals surface area contributed by atoms with E-state index in [1.807, 2.05) is 48.5 Å². The maximum absolute atomic E-state index is 13.7. The van der Waals surface area contributed by atoms with E-state index in [-0.39, 0.29) is 11.3 Å². The topological polar surface area (TPSA) is 108 Å². The number of rotatable bonds is 6. The molecule has 0 aliphatic carbocycles. The summed E-state index contributed by atoms with van der Waals surface area (Å²) in [5, 5.41) is 3.14. The molecule has 10 heteroatoms. The minimum absolute atomic E-state index is 0.250. The Labute approximate surface area is 235 Å². The molecule has 0 saturated heterocycles. The van der Waals surface area contributed by atoms with Crippen molar-refractivity contribution in [3.63, 3.8) is 0 Å². The van der Waals surface area contributed by atoms with Gasteiger partial charge in [0.15, 0.2) is 0 Å². The smallest absolute Gasteiger partial charge is 0.255 e. The van der Waals surface area contributed by atoms with Crippen molar-refractivity contribution in [3.8, 4) is 33.8 Å². The standard InChI is InChI=1S/C31H25FN4O4S/c1-33-31(37)28-23-16-22(19-7-6-8-20(15-19)30-34-24-9-4-5-10-25(24)35-30)26(36(2)41(3,38)39)17-27(23)40-29(28)18-11-13-21(32)14-12-18/h4-17H,1-3H3,(H,33,37)(H,34,35). The molecular formula is C31H25FN4O4S. The van der Waals surface area contributed by atoms with E-state index >= 15 is 0 Å². The van der Waals surface area contributed by atoms with E-state index in [0.717, 1.165) is 22.9 Å². The monoisotopic (exact) mass is 568 g/mol. The van der Waals surface area contributed by atoms with Crippen LogP contribution in [0.3, 0.4) is 0 Å². The molecule has 2 aromatic heterocycles. The van der Waals surface area contributed by atoms with Gasteiger partial charge in [0.2, 0.25) is 10.0 Å². The highest BCUT2D eigenvalue weighted by Crippen LogP contribution is 2.42. The molecular weight excluding hydrogens is 543 g/mol. The largest absolute Gasteiger partial charge is 0.455 e. The van der Waals surface area contributed by atoms with Gasteiger partial charge in [-0.25, -0.2) is 17.8 Å². The zero-order valence-corrected chi connectivity index (χ0v) is 23.2. The molecule has 4 aromatic carbocycles. The lowest BCUT2D eigenvalue weighted by Gasteiger charge is -2.21. The average Bonchev–Trinajstić information content (AvgIpc) is 3.57. The Hall–Kier alpha value is -4.96. The molecule has 1 amide bonds. The number of nitrogens with zero attached hydrogens (tertiary/aromatic N) is 2. The van der Waals surface area contributed by atoms with Crippen LogP contribution < -0.4 is 9.62 Å². The van der Waals surface area contributed by atoms with Crippen LogP contribution in [0, 0.1) is 5.82 Å². The fraction of sp³-hybridized carbons (Fsp3) is 0.0968. The summed E-state index contributed by atoms with van der Waals surface area (Å²) in [6, 6.07) is 24.3. The molecule has 206 valence electrons. The lowest BCUT2D eigenvalue weighted by Crippen LogP contribution is -2.25. The van der Waals surface area contributed by atoms with E-state index in [2.05, 4.69) is 10.3 Å². The van der Waals surface area contributed by atoms with Crippen LogP contribution in [0.1, 0.15) is 10.4 Å². The first-order valence-electron chi connectivity index (χ1n) is 12.7. The summed E-state index contributed by atoms with van der Waals surface area (Å²) in [4.78, 5) is 21.2. The molecule has 0 radical (unpaired) electrons. The Balaban J connectivity index is 1.61. The van der Waals surface area contributed by atoms with Crippen molar-refractivity contribution in [3.05, 3.63) is 96.3 Å². The number of aromatic nitrogens is 2. The Morgan fingerprint density at radius 1 is 0.951 bits per heavy atom. The first-order valence-corrected chi connectivity index (χ1v) is 14.6. The molecule has 6 aromatic rings. The molecule has 8 nitrogen and oxygen atoms in total. The van der Waals surface area contributed by atoms with Crippen LogP contribution in [-0.4, -0.2) is 44.6 Å². The molecule has 6 rings (SSSR count). The van der Waals surface area contributed by atoms with Gasteiger partial charge in [-0.15, -0.1) is 0 Å². The van der Waals surface area contributed by atoms with Gasteiger partial charge in [-0.3, -0.25) is 9.10 Å². The number of fused-ring (bicyclic) bond motifs is 2. The van der Waals surface area contributed by atoms with Gasteiger partial charge in [0, 0.05) is 42.2 Å². The van der Waals surface area contributed by atoms with Gasteiger partial charge in [0.1, 0.15) is 23.0 Å². The second-order valence-electron chi connectivity index (χ2n) is 9.67. The first-order chi connectivity index (χ1) is 19.6. The van der Waals surface area contributed by atoms with Crippen LogP contribution >= 0.6 is 0 Å². The van der Waals surface area contributed by atoms with E-state index < -0.39 is 21.7 Å². The Bertz CT molecular complexity index is 2030. The van der Waals surface area contributed by atoms with Crippen LogP contribution in [0.2, 0.25) is 0 Å². The number of carbonyl (C=O) groups is 1. The van der Waals surface area contributed by atoms with Crippen LogP contribution in [0.15, 0.2) is 89.3 Å². The van der Waals surface area contributed by atoms with Crippen molar-refractivity contribution in [1.82, 2.24) is 15.3 Å². The molecule has 0 aliphatic heterocycles. The third-order valence-electron chi connectivity index (χ3n) is 7.04. The highest BCUT2D eigenvalue weighted by atomic mass is 32.2. The molecule has 0 fully saturated rings. The number of sulfonamides is 1. The molecule has 0 bridgehead atoms. The van der Waals surface area contributed by atoms with Crippen molar-refractivity contribution in [2.45, 2.75) is 0 Å². The Morgan fingerprint density at radius 3 is 2.39 bits per heavy atom. The van der Waals surface area contributed by atoms with Crippen molar-refractivity contribution in [2.75, 3.05) is 24.7 Å². The van der Waals surface area contributed by atoms with Gasteiger partial charge < -0.3 is 14.7 Å². The Kier molecular flexibility index (Phi) is 6.34. The van der Waals surface area contributed by atoms with Crippen LogP contribution in [0.4, 0.5) is 10.1 Å². The number of carbonyl (C=O) groups excluding carboxylic acids is 1. The summed E-state index contributed by atoms with van der Waals surface area (Å²) in [5.41, 5.74) is 5.25. The van der Waals surface area contributed by atoms with Gasteiger partial charge in [-0.05, 0) is 54.1 Å². The number of para-hydroxylation sites is 2. The average molecular weight is 569 g/mol. The number of amides is 1. The van der Waals surface area contributed by atoms with E-state index in [0.29, 0.717) is 39.2 Å². The molecule has 0 atom stereocenters. The summed E-state index contributed by atoms with van der Waals surface area (Å²) < 4.78 is 46.4. The van der Waals surface area contributed by atoms with E-state index in [1.54, 1.807) is 12.1 Å². The Morgan fingerprint density at radius 2 is 1.68 bits per heavy atom. The van der Waals surface area contributed by atoms with Gasteiger partial charge in [0.05, 0.1) is 28.5 Å². The number of hydrogen-bond acceptors (Lipinski definition) is 5. The maximum atomic E-state index is 13.7. The fourth-order valence-electron chi connectivity index (χ4n) is 4.88. The van der Waals surface area contributed by atoms with E-state index in [9.17, 15) is 17.6 Å². The van der Waals surface area contributed by atoms with Gasteiger partial charge in [-0.2, -0.15) is 0 Å². The molecule has 0 unspecified atom stereocenters. The highest BCUT2D eigenvalue weighted by Gasteiger charge is 2.26.